The number of nitrogens with one attached hydrogen (secondary N) is 1. The number of aromatic nitrogens is 2. The molecular weight excluding hydrogens is 218 g/mol. The SMILES string of the molecule is CCNC(c1cscc1C)c1nccn1C. The first-order chi connectivity index (χ1) is 7.74. The van der Waals surface area contributed by atoms with Crippen LogP contribution in [0.5, 0.6) is 0 Å². The zero-order chi connectivity index (χ0) is 11.5. The number of hydrogen-bond donors (Lipinski definition) is 1. The van der Waals surface area contributed by atoms with Gasteiger partial charge >= 0.3 is 0 Å². The maximum Gasteiger partial charge on any atom is 0.130 e. The molecule has 0 radical (unpaired) electrons. The van der Waals surface area contributed by atoms with Crippen molar-refractivity contribution < 1.29 is 0 Å². The van der Waals surface area contributed by atoms with Crippen LogP contribution in [0.3, 0.4) is 0 Å². The van der Waals surface area contributed by atoms with Gasteiger partial charge in [0.25, 0.3) is 0 Å². The van der Waals surface area contributed by atoms with Crippen LogP contribution in [0.15, 0.2) is 23.2 Å². The summed E-state index contributed by atoms with van der Waals surface area (Å²) < 4.78 is 2.07. The molecule has 3 nitrogen and oxygen atoms in total. The Labute approximate surface area is 100 Å². The number of nitrogens with zero attached hydrogens (tertiary/aromatic N) is 2. The first-order valence-corrected chi connectivity index (χ1v) is 6.41. The molecule has 0 aliphatic rings. The fourth-order valence-corrected chi connectivity index (χ4v) is 2.74. The van der Waals surface area contributed by atoms with Gasteiger partial charge in [-0.3, -0.25) is 0 Å². The minimum Gasteiger partial charge on any atom is -0.336 e. The average Bonchev–Trinajstić information content (AvgIpc) is 2.84. The highest BCUT2D eigenvalue weighted by Gasteiger charge is 2.19. The van der Waals surface area contributed by atoms with Gasteiger partial charge in [0.2, 0.25) is 0 Å². The fourth-order valence-electron chi connectivity index (χ4n) is 1.87. The van der Waals surface area contributed by atoms with Gasteiger partial charge in [-0.25, -0.2) is 4.98 Å². The normalized spacial score (nSPS) is 12.9. The Morgan fingerprint density at radius 1 is 1.50 bits per heavy atom. The van der Waals surface area contributed by atoms with Gasteiger partial charge in [0.1, 0.15) is 5.82 Å². The van der Waals surface area contributed by atoms with Crippen molar-refractivity contribution in [2.45, 2.75) is 19.9 Å². The van der Waals surface area contributed by atoms with E-state index in [1.54, 1.807) is 11.3 Å². The topological polar surface area (TPSA) is 29.9 Å². The van der Waals surface area contributed by atoms with E-state index in [4.69, 9.17) is 0 Å². The largest absolute Gasteiger partial charge is 0.336 e. The molecule has 2 aromatic rings. The van der Waals surface area contributed by atoms with Crippen LogP contribution >= 0.6 is 11.3 Å². The molecule has 4 heteroatoms. The van der Waals surface area contributed by atoms with E-state index in [0.29, 0.717) is 0 Å². The van der Waals surface area contributed by atoms with Crippen molar-refractivity contribution in [1.29, 1.82) is 0 Å². The van der Waals surface area contributed by atoms with Crippen LogP contribution in [-0.4, -0.2) is 16.1 Å². The molecule has 86 valence electrons. The second-order valence-electron chi connectivity index (χ2n) is 3.90. The standard InChI is InChI=1S/C12H17N3S/c1-4-13-11(10-8-16-7-9(10)2)12-14-5-6-15(12)3/h5-8,11,13H,4H2,1-3H3. The highest BCUT2D eigenvalue weighted by Crippen LogP contribution is 2.26. The van der Waals surface area contributed by atoms with E-state index >= 15 is 0 Å². The fraction of sp³-hybridized carbons (Fsp3) is 0.417. The predicted molar refractivity (Wildman–Crippen MR) is 67.8 cm³/mol. The summed E-state index contributed by atoms with van der Waals surface area (Å²) in [6, 6.07) is 0.205. The van der Waals surface area contributed by atoms with Gasteiger partial charge in [-0.2, -0.15) is 11.3 Å². The van der Waals surface area contributed by atoms with E-state index in [-0.39, 0.29) is 6.04 Å². The van der Waals surface area contributed by atoms with E-state index in [1.807, 2.05) is 19.4 Å². The zero-order valence-corrected chi connectivity index (χ0v) is 10.7. The maximum absolute atomic E-state index is 4.44. The molecule has 16 heavy (non-hydrogen) atoms. The van der Waals surface area contributed by atoms with Crippen LogP contribution in [-0.2, 0) is 7.05 Å². The third-order valence-corrected chi connectivity index (χ3v) is 3.61. The molecular formula is C12H17N3S. The number of hydrogen-bond acceptors (Lipinski definition) is 3. The Bertz CT molecular complexity index is 418. The smallest absolute Gasteiger partial charge is 0.130 e. The lowest BCUT2D eigenvalue weighted by Gasteiger charge is -2.17. The van der Waals surface area contributed by atoms with Gasteiger partial charge in [0.15, 0.2) is 0 Å². The van der Waals surface area contributed by atoms with Crippen molar-refractivity contribution in [2.24, 2.45) is 7.05 Å². The zero-order valence-electron chi connectivity index (χ0n) is 9.90. The third-order valence-electron chi connectivity index (χ3n) is 2.73. The van der Waals surface area contributed by atoms with Crippen LogP contribution in [0.2, 0.25) is 0 Å². The Morgan fingerprint density at radius 2 is 2.31 bits per heavy atom. The minimum absolute atomic E-state index is 0.205. The third kappa shape index (κ3) is 2.03. The lowest BCUT2D eigenvalue weighted by atomic mass is 10.1. The number of imidazole rings is 1. The van der Waals surface area contributed by atoms with Crippen LogP contribution in [0.4, 0.5) is 0 Å². The molecule has 0 aliphatic heterocycles. The van der Waals surface area contributed by atoms with E-state index in [1.165, 1.54) is 11.1 Å². The summed E-state index contributed by atoms with van der Waals surface area (Å²) in [5.74, 6) is 1.07. The van der Waals surface area contributed by atoms with E-state index in [2.05, 4.69) is 39.5 Å². The van der Waals surface area contributed by atoms with Crippen molar-refractivity contribution >= 4 is 11.3 Å². The predicted octanol–water partition coefficient (Wildman–Crippen LogP) is 2.49. The van der Waals surface area contributed by atoms with Crippen molar-refractivity contribution in [3.8, 4) is 0 Å². The molecule has 0 saturated carbocycles. The quantitative estimate of drug-likeness (QED) is 0.882. The molecule has 0 saturated heterocycles. The Kier molecular flexibility index (Phi) is 3.41. The lowest BCUT2D eigenvalue weighted by molar-refractivity contribution is 0.576. The molecule has 0 spiro atoms. The van der Waals surface area contributed by atoms with Crippen molar-refractivity contribution in [3.05, 3.63) is 40.1 Å². The van der Waals surface area contributed by atoms with Crippen LogP contribution < -0.4 is 5.32 Å². The summed E-state index contributed by atoms with van der Waals surface area (Å²) in [4.78, 5) is 4.44. The van der Waals surface area contributed by atoms with Crippen molar-refractivity contribution in [3.63, 3.8) is 0 Å². The molecule has 0 bridgehead atoms. The van der Waals surface area contributed by atoms with Gasteiger partial charge in [0, 0.05) is 19.4 Å². The molecule has 1 atom stereocenters. The van der Waals surface area contributed by atoms with E-state index < -0.39 is 0 Å². The first kappa shape index (κ1) is 11.4. The van der Waals surface area contributed by atoms with Gasteiger partial charge in [0.05, 0.1) is 6.04 Å². The number of rotatable bonds is 4. The summed E-state index contributed by atoms with van der Waals surface area (Å²) in [5, 5.41) is 7.88. The molecule has 2 rings (SSSR count). The maximum atomic E-state index is 4.44. The lowest BCUT2D eigenvalue weighted by Crippen LogP contribution is -2.24. The van der Waals surface area contributed by atoms with Gasteiger partial charge in [-0.1, -0.05) is 6.92 Å². The second kappa shape index (κ2) is 4.80. The monoisotopic (exact) mass is 235 g/mol. The van der Waals surface area contributed by atoms with E-state index in [0.717, 1.165) is 12.4 Å². The van der Waals surface area contributed by atoms with Crippen molar-refractivity contribution in [2.75, 3.05) is 6.54 Å². The molecule has 0 aliphatic carbocycles. The Hall–Kier alpha value is -1.13. The molecule has 1 N–H and O–H groups in total. The summed E-state index contributed by atoms with van der Waals surface area (Å²) in [7, 11) is 2.04. The highest BCUT2D eigenvalue weighted by molar-refractivity contribution is 7.08. The number of thiophene rings is 1. The molecule has 0 fully saturated rings. The van der Waals surface area contributed by atoms with Crippen molar-refractivity contribution in [1.82, 2.24) is 14.9 Å². The van der Waals surface area contributed by atoms with Crippen LogP contribution in [0, 0.1) is 6.92 Å². The molecule has 1 unspecified atom stereocenters. The minimum atomic E-state index is 0.205. The Morgan fingerprint density at radius 3 is 2.81 bits per heavy atom. The molecule has 0 amide bonds. The summed E-state index contributed by atoms with van der Waals surface area (Å²) in [6.07, 6.45) is 3.84. The van der Waals surface area contributed by atoms with Gasteiger partial charge in [-0.15, -0.1) is 0 Å². The number of aryl methyl sites for hydroxylation is 2. The Balaban J connectivity index is 2.39. The summed E-state index contributed by atoms with van der Waals surface area (Å²) >= 11 is 1.75. The molecule has 2 aromatic heterocycles. The van der Waals surface area contributed by atoms with Gasteiger partial charge in [-0.05, 0) is 35.4 Å². The average molecular weight is 235 g/mol. The second-order valence-corrected chi connectivity index (χ2v) is 4.64. The van der Waals surface area contributed by atoms with Crippen LogP contribution in [0.25, 0.3) is 0 Å². The van der Waals surface area contributed by atoms with E-state index in [9.17, 15) is 0 Å². The molecule has 2 heterocycles. The molecule has 0 aromatic carbocycles. The summed E-state index contributed by atoms with van der Waals surface area (Å²) in [6.45, 7) is 5.21. The highest BCUT2D eigenvalue weighted by atomic mass is 32.1. The summed E-state index contributed by atoms with van der Waals surface area (Å²) in [5.41, 5.74) is 2.67. The van der Waals surface area contributed by atoms with Crippen LogP contribution in [0.1, 0.15) is 29.9 Å². The first-order valence-electron chi connectivity index (χ1n) is 5.47. The van der Waals surface area contributed by atoms with Gasteiger partial charge < -0.3 is 9.88 Å².